The SMILES string of the molecule is Cc1nc2c(c(C)c1CCC(=O)O)c1ccccc1n2Cc1ccc(C(C(=O)N2CCN(C)CC2)C2CCOCC2)cc1. The van der Waals surface area contributed by atoms with Gasteiger partial charge in [-0.05, 0) is 74.4 Å². The molecular formula is C35H42N4O4. The highest BCUT2D eigenvalue weighted by Crippen LogP contribution is 2.36. The first-order valence-corrected chi connectivity index (χ1v) is 15.5. The number of amides is 1. The van der Waals surface area contributed by atoms with E-state index in [0.29, 0.717) is 26.2 Å². The molecule has 1 atom stereocenters. The molecule has 4 heterocycles. The second-order valence-corrected chi connectivity index (χ2v) is 12.3. The van der Waals surface area contributed by atoms with Gasteiger partial charge >= 0.3 is 5.97 Å². The molecule has 0 radical (unpaired) electrons. The largest absolute Gasteiger partial charge is 0.481 e. The number of fused-ring (bicyclic) bond motifs is 3. The van der Waals surface area contributed by atoms with Crippen molar-refractivity contribution < 1.29 is 19.4 Å². The van der Waals surface area contributed by atoms with Gasteiger partial charge in [-0.2, -0.15) is 0 Å². The molecule has 2 aromatic heterocycles. The third kappa shape index (κ3) is 5.91. The molecule has 4 aromatic rings. The minimum Gasteiger partial charge on any atom is -0.481 e. The number of aryl methyl sites for hydroxylation is 2. The smallest absolute Gasteiger partial charge is 0.303 e. The number of pyridine rings is 1. The lowest BCUT2D eigenvalue weighted by Crippen LogP contribution is -2.49. The molecule has 2 fully saturated rings. The summed E-state index contributed by atoms with van der Waals surface area (Å²) in [6.07, 6.45) is 2.38. The number of carbonyl (C=O) groups excluding carboxylic acids is 1. The van der Waals surface area contributed by atoms with Gasteiger partial charge in [0.25, 0.3) is 0 Å². The van der Waals surface area contributed by atoms with Crippen molar-refractivity contribution in [3.05, 3.63) is 76.5 Å². The average molecular weight is 583 g/mol. The van der Waals surface area contributed by atoms with Gasteiger partial charge in [0.15, 0.2) is 0 Å². The number of carboxylic acid groups (broad SMARTS) is 1. The molecule has 43 heavy (non-hydrogen) atoms. The maximum Gasteiger partial charge on any atom is 0.303 e. The monoisotopic (exact) mass is 582 g/mol. The number of likely N-dealkylation sites (N-methyl/N-ethyl adjacent to an activating group) is 1. The molecule has 8 heteroatoms. The molecule has 6 rings (SSSR count). The van der Waals surface area contributed by atoms with Crippen molar-refractivity contribution >= 4 is 33.8 Å². The zero-order valence-electron chi connectivity index (χ0n) is 25.5. The molecule has 1 unspecified atom stereocenters. The quantitative estimate of drug-likeness (QED) is 0.309. The van der Waals surface area contributed by atoms with Crippen LogP contribution >= 0.6 is 0 Å². The Bertz CT molecular complexity index is 1630. The van der Waals surface area contributed by atoms with E-state index in [-0.39, 0.29) is 24.2 Å². The molecule has 2 aromatic carbocycles. The zero-order valence-corrected chi connectivity index (χ0v) is 25.5. The Kier molecular flexibility index (Phi) is 8.50. The first-order chi connectivity index (χ1) is 20.8. The second kappa shape index (κ2) is 12.5. The molecule has 226 valence electrons. The average Bonchev–Trinajstić information content (AvgIpc) is 3.31. The van der Waals surface area contributed by atoms with Crippen molar-refractivity contribution in [1.29, 1.82) is 0 Å². The summed E-state index contributed by atoms with van der Waals surface area (Å²) in [5.74, 6) is -0.404. The van der Waals surface area contributed by atoms with E-state index in [0.717, 1.165) is 88.9 Å². The topological polar surface area (TPSA) is 87.9 Å². The van der Waals surface area contributed by atoms with Crippen molar-refractivity contribution in [1.82, 2.24) is 19.4 Å². The van der Waals surface area contributed by atoms with Gasteiger partial charge < -0.3 is 24.2 Å². The van der Waals surface area contributed by atoms with E-state index in [1.54, 1.807) is 0 Å². The number of nitrogens with zero attached hydrogens (tertiary/aromatic N) is 4. The molecule has 0 spiro atoms. The standard InChI is InChI=1S/C35H42N4O4/c1-23-28(12-13-31(40)41)24(2)36-34-32(23)29-6-4-5-7-30(29)39(34)22-25-8-10-26(11-9-25)33(27-14-20-43-21-15-27)35(42)38-18-16-37(3)17-19-38/h4-11,27,33H,12-22H2,1-3H3,(H,40,41). The molecule has 0 aliphatic carbocycles. The van der Waals surface area contributed by atoms with Gasteiger partial charge in [-0.15, -0.1) is 0 Å². The summed E-state index contributed by atoms with van der Waals surface area (Å²) in [6, 6.07) is 17.0. The fourth-order valence-corrected chi connectivity index (χ4v) is 7.09. The highest BCUT2D eigenvalue weighted by molar-refractivity contribution is 6.08. The van der Waals surface area contributed by atoms with Crippen LogP contribution in [0.25, 0.3) is 21.9 Å². The lowest BCUT2D eigenvalue weighted by molar-refractivity contribution is -0.137. The van der Waals surface area contributed by atoms with Crippen LogP contribution in [0.4, 0.5) is 0 Å². The summed E-state index contributed by atoms with van der Waals surface area (Å²) in [5.41, 5.74) is 7.28. The van der Waals surface area contributed by atoms with Gasteiger partial charge in [-0.1, -0.05) is 42.5 Å². The Morgan fingerprint density at radius 2 is 1.70 bits per heavy atom. The van der Waals surface area contributed by atoms with Crippen LogP contribution in [0.1, 0.15) is 53.1 Å². The maximum absolute atomic E-state index is 13.9. The molecular weight excluding hydrogens is 540 g/mol. The summed E-state index contributed by atoms with van der Waals surface area (Å²) in [5, 5.41) is 11.5. The van der Waals surface area contributed by atoms with E-state index >= 15 is 0 Å². The zero-order chi connectivity index (χ0) is 30.1. The number of carboxylic acids is 1. The van der Waals surface area contributed by atoms with Crippen LogP contribution in [0.5, 0.6) is 0 Å². The van der Waals surface area contributed by atoms with Gasteiger partial charge in [-0.3, -0.25) is 9.59 Å². The van der Waals surface area contributed by atoms with Crippen molar-refractivity contribution in [3.63, 3.8) is 0 Å². The number of para-hydroxylation sites is 1. The van der Waals surface area contributed by atoms with Crippen molar-refractivity contribution in [2.45, 2.75) is 52.0 Å². The lowest BCUT2D eigenvalue weighted by Gasteiger charge is -2.38. The maximum atomic E-state index is 13.9. The van der Waals surface area contributed by atoms with E-state index in [4.69, 9.17) is 9.72 Å². The van der Waals surface area contributed by atoms with Crippen LogP contribution in [-0.4, -0.2) is 82.8 Å². The normalized spacial score (nSPS) is 17.5. The number of benzene rings is 2. The molecule has 2 saturated heterocycles. The Morgan fingerprint density at radius 3 is 2.40 bits per heavy atom. The van der Waals surface area contributed by atoms with Crippen molar-refractivity contribution in [2.24, 2.45) is 5.92 Å². The van der Waals surface area contributed by atoms with E-state index in [1.165, 1.54) is 0 Å². The molecule has 2 aliphatic heterocycles. The number of hydrogen-bond donors (Lipinski definition) is 1. The van der Waals surface area contributed by atoms with Crippen LogP contribution < -0.4 is 0 Å². The van der Waals surface area contributed by atoms with Crippen LogP contribution in [0, 0.1) is 19.8 Å². The molecule has 2 aliphatic rings. The Balaban J connectivity index is 1.33. The number of rotatable bonds is 8. The Morgan fingerprint density at radius 1 is 1.00 bits per heavy atom. The molecule has 0 bridgehead atoms. The van der Waals surface area contributed by atoms with E-state index in [1.807, 2.05) is 13.0 Å². The fourth-order valence-electron chi connectivity index (χ4n) is 7.09. The van der Waals surface area contributed by atoms with Gasteiger partial charge in [-0.25, -0.2) is 4.98 Å². The predicted octanol–water partition coefficient (Wildman–Crippen LogP) is 5.16. The number of piperazine rings is 1. The van der Waals surface area contributed by atoms with Gasteiger partial charge in [0.1, 0.15) is 5.65 Å². The third-order valence-corrected chi connectivity index (χ3v) is 9.57. The second-order valence-electron chi connectivity index (χ2n) is 12.3. The van der Waals surface area contributed by atoms with Crippen LogP contribution in [0.2, 0.25) is 0 Å². The Labute approximate surface area is 253 Å². The van der Waals surface area contributed by atoms with Crippen LogP contribution in [-0.2, 0) is 27.3 Å². The highest BCUT2D eigenvalue weighted by atomic mass is 16.5. The first kappa shape index (κ1) is 29.3. The number of aliphatic carboxylic acids is 1. The molecule has 0 saturated carbocycles. The summed E-state index contributed by atoms with van der Waals surface area (Å²) in [6.45, 7) is 9.55. The number of hydrogen-bond acceptors (Lipinski definition) is 5. The predicted molar refractivity (Wildman–Crippen MR) is 169 cm³/mol. The first-order valence-electron chi connectivity index (χ1n) is 15.5. The number of aromatic nitrogens is 2. The van der Waals surface area contributed by atoms with E-state index in [9.17, 15) is 14.7 Å². The summed E-state index contributed by atoms with van der Waals surface area (Å²) >= 11 is 0. The number of ether oxygens (including phenoxy) is 1. The summed E-state index contributed by atoms with van der Waals surface area (Å²) < 4.78 is 7.92. The summed E-state index contributed by atoms with van der Waals surface area (Å²) in [4.78, 5) is 34.6. The van der Waals surface area contributed by atoms with Gasteiger partial charge in [0, 0.05) is 68.8 Å². The fraction of sp³-hybridized carbons (Fsp3) is 0.457. The minimum absolute atomic E-state index is 0.0893. The molecule has 1 N–H and O–H groups in total. The number of carbonyl (C=O) groups is 2. The van der Waals surface area contributed by atoms with Crippen LogP contribution in [0.15, 0.2) is 48.5 Å². The van der Waals surface area contributed by atoms with Gasteiger partial charge in [0.2, 0.25) is 5.91 Å². The van der Waals surface area contributed by atoms with E-state index in [2.05, 4.69) is 70.8 Å². The van der Waals surface area contributed by atoms with E-state index < -0.39 is 5.97 Å². The van der Waals surface area contributed by atoms with Gasteiger partial charge in [0.05, 0.1) is 11.4 Å². The van der Waals surface area contributed by atoms with Crippen molar-refractivity contribution in [2.75, 3.05) is 46.4 Å². The molecule has 8 nitrogen and oxygen atoms in total. The van der Waals surface area contributed by atoms with Crippen molar-refractivity contribution in [3.8, 4) is 0 Å². The summed E-state index contributed by atoms with van der Waals surface area (Å²) in [7, 11) is 2.12. The van der Waals surface area contributed by atoms with Crippen LogP contribution in [0.3, 0.4) is 0 Å². The highest BCUT2D eigenvalue weighted by Gasteiger charge is 2.35. The Hall–Kier alpha value is -3.75. The minimum atomic E-state index is -0.797. The lowest BCUT2D eigenvalue weighted by atomic mass is 9.80. The molecule has 1 amide bonds. The third-order valence-electron chi connectivity index (χ3n) is 9.57.